The molecular formula is C44H60N10O11S. The van der Waals surface area contributed by atoms with Crippen molar-refractivity contribution in [2.75, 3.05) is 29.9 Å². The minimum atomic E-state index is -1.76. The largest absolute Gasteiger partial charge is 0.481 e. The van der Waals surface area contributed by atoms with E-state index < -0.39 is 114 Å². The predicted molar refractivity (Wildman–Crippen MR) is 247 cm³/mol. The molecule has 4 rings (SSSR count). The SMILES string of the molecule is CC[C@H](C)[C@@H]1NC(=O)[C@H](CC(=O)O)NC(=O)[C@H](CCCCN)NC(=O)[C@H](CC(=O)O)NC(=O)CSC[C@@H](C(=O)N[C@@H](CCCCNc2c3ccccc3nc3ccccc23)C(N)=O)NC1=O. The van der Waals surface area contributed by atoms with Gasteiger partial charge >= 0.3 is 11.9 Å². The molecule has 22 heteroatoms. The van der Waals surface area contributed by atoms with E-state index in [0.717, 1.165) is 39.3 Å². The van der Waals surface area contributed by atoms with Gasteiger partial charge in [-0.1, -0.05) is 56.7 Å². The Morgan fingerprint density at radius 2 is 1.35 bits per heavy atom. The highest BCUT2D eigenvalue weighted by molar-refractivity contribution is 8.00. The third-order valence-electron chi connectivity index (χ3n) is 11.0. The summed E-state index contributed by atoms with van der Waals surface area (Å²) in [5.74, 6) is -10.7. The molecule has 1 aliphatic heterocycles. The van der Waals surface area contributed by atoms with Crippen LogP contribution in [0.25, 0.3) is 21.8 Å². The molecular weight excluding hydrogens is 877 g/mol. The first kappa shape index (κ1) is 52.1. The van der Waals surface area contributed by atoms with E-state index in [-0.39, 0.29) is 25.1 Å². The summed E-state index contributed by atoms with van der Waals surface area (Å²) in [7, 11) is 0. The Hall–Kier alpha value is -6.55. The van der Waals surface area contributed by atoms with E-state index in [2.05, 4.69) is 37.2 Å². The first-order valence-corrected chi connectivity index (χ1v) is 23.0. The second-order valence-electron chi connectivity index (χ2n) is 16.1. The lowest BCUT2D eigenvalue weighted by molar-refractivity contribution is -0.142. The number of amides is 7. The average Bonchev–Trinajstić information content (AvgIpc) is 3.27. The number of carbonyl (C=O) groups is 9. The summed E-state index contributed by atoms with van der Waals surface area (Å²) in [5, 5.41) is 39.4. The van der Waals surface area contributed by atoms with Crippen molar-refractivity contribution in [1.29, 1.82) is 0 Å². The minimum absolute atomic E-state index is 0.0451. The topological polar surface area (TPSA) is 343 Å². The van der Waals surface area contributed by atoms with Crippen LogP contribution in [0, 0.1) is 5.92 Å². The van der Waals surface area contributed by atoms with Crippen molar-refractivity contribution in [2.45, 2.75) is 108 Å². The van der Waals surface area contributed by atoms with Gasteiger partial charge in [-0.2, -0.15) is 0 Å². The lowest BCUT2D eigenvalue weighted by Gasteiger charge is -2.29. The van der Waals surface area contributed by atoms with Gasteiger partial charge in [0.15, 0.2) is 0 Å². The number of aliphatic carboxylic acids is 2. The molecule has 1 saturated heterocycles. The van der Waals surface area contributed by atoms with Crippen LogP contribution in [0.15, 0.2) is 48.5 Å². The fourth-order valence-electron chi connectivity index (χ4n) is 7.25. The van der Waals surface area contributed by atoms with E-state index in [1.54, 1.807) is 13.8 Å². The number of aromatic nitrogens is 1. The molecule has 7 amide bonds. The van der Waals surface area contributed by atoms with Gasteiger partial charge in [-0.25, -0.2) is 4.98 Å². The molecule has 0 bridgehead atoms. The third-order valence-corrected chi connectivity index (χ3v) is 12.1. The maximum absolute atomic E-state index is 14.0. The first-order valence-electron chi connectivity index (χ1n) is 21.9. The van der Waals surface area contributed by atoms with Crippen molar-refractivity contribution in [3.8, 4) is 0 Å². The number of hydrogen-bond acceptors (Lipinski definition) is 13. The predicted octanol–water partition coefficient (Wildman–Crippen LogP) is 0.236. The van der Waals surface area contributed by atoms with Crippen molar-refractivity contribution in [3.05, 3.63) is 48.5 Å². The fraction of sp³-hybridized carbons (Fsp3) is 0.500. The number of anilines is 1. The van der Waals surface area contributed by atoms with Gasteiger partial charge in [-0.15, -0.1) is 11.8 Å². The maximum Gasteiger partial charge on any atom is 0.305 e. The van der Waals surface area contributed by atoms with E-state index in [4.69, 9.17) is 16.5 Å². The van der Waals surface area contributed by atoms with Crippen molar-refractivity contribution in [2.24, 2.45) is 17.4 Å². The van der Waals surface area contributed by atoms with Gasteiger partial charge in [0, 0.05) is 23.1 Å². The van der Waals surface area contributed by atoms with Crippen LogP contribution in [0.4, 0.5) is 5.69 Å². The lowest BCUT2D eigenvalue weighted by Crippen LogP contribution is -2.61. The van der Waals surface area contributed by atoms with Crippen LogP contribution in [0.3, 0.4) is 0 Å². The van der Waals surface area contributed by atoms with Crippen LogP contribution in [-0.4, -0.2) is 129 Å². The summed E-state index contributed by atoms with van der Waals surface area (Å²) in [5.41, 5.74) is 13.9. The standard InChI is InChI=1S/C44H60N10O11S/c1-3-24(2)37-44(65)53-33(43(64)50-29(39(46)60)16-9-11-19-47-38-25-12-4-6-14-27(25)48-28-15-7-5-13-26(28)38)22-66-23-34(55)49-31(20-35(56)57)41(62)51-30(17-8-10-18-45)40(61)52-32(21-36(58)59)42(63)54-37/h4-7,12-15,24,29-33,37H,3,8-11,16-23,45H2,1-2H3,(H2,46,60)(H,47,48)(H,49,55)(H,50,64)(H,51,62)(H,52,61)(H,53,65)(H,54,63)(H,56,57)(H,58,59)/t24-,29-,30-,31-,32-,33-,37-/m0/s1. The molecule has 3 aromatic rings. The number of hydrogen-bond donors (Lipinski definition) is 11. The molecule has 7 atom stereocenters. The molecule has 13 N–H and O–H groups in total. The lowest BCUT2D eigenvalue weighted by atomic mass is 9.97. The van der Waals surface area contributed by atoms with Gasteiger partial charge in [-0.3, -0.25) is 43.2 Å². The molecule has 1 aliphatic rings. The molecule has 1 aromatic heterocycles. The van der Waals surface area contributed by atoms with Gasteiger partial charge in [0.1, 0.15) is 36.3 Å². The van der Waals surface area contributed by atoms with Gasteiger partial charge in [0.2, 0.25) is 41.4 Å². The Balaban J connectivity index is 1.55. The number of primary amides is 1. The maximum atomic E-state index is 14.0. The number of rotatable bonds is 19. The van der Waals surface area contributed by atoms with E-state index >= 15 is 0 Å². The molecule has 1 fully saturated rings. The third kappa shape index (κ3) is 15.6. The van der Waals surface area contributed by atoms with E-state index in [1.165, 1.54) is 0 Å². The second kappa shape index (κ2) is 25.8. The van der Waals surface area contributed by atoms with E-state index in [9.17, 15) is 53.4 Å². The van der Waals surface area contributed by atoms with Crippen molar-refractivity contribution >= 4 is 92.5 Å². The van der Waals surface area contributed by atoms with Crippen LogP contribution in [-0.2, 0) is 43.2 Å². The highest BCUT2D eigenvalue weighted by Crippen LogP contribution is 2.30. The van der Waals surface area contributed by atoms with Crippen LogP contribution in [0.5, 0.6) is 0 Å². The molecule has 2 heterocycles. The second-order valence-corrected chi connectivity index (χ2v) is 17.1. The van der Waals surface area contributed by atoms with Crippen LogP contribution in [0.2, 0.25) is 0 Å². The zero-order chi connectivity index (χ0) is 48.3. The van der Waals surface area contributed by atoms with Crippen molar-refractivity contribution in [1.82, 2.24) is 36.9 Å². The van der Waals surface area contributed by atoms with Crippen LogP contribution >= 0.6 is 11.8 Å². The normalized spacial score (nSPS) is 21.1. The average molecular weight is 937 g/mol. The number of nitrogens with one attached hydrogen (secondary N) is 7. The quantitative estimate of drug-likeness (QED) is 0.0567. The number of nitrogens with two attached hydrogens (primary N) is 2. The fourth-order valence-corrected chi connectivity index (χ4v) is 8.11. The number of nitrogens with zero attached hydrogens (tertiary/aromatic N) is 1. The number of carboxylic acids is 2. The number of carbonyl (C=O) groups excluding carboxylic acids is 7. The molecule has 0 unspecified atom stereocenters. The first-order chi connectivity index (χ1) is 31.5. The molecule has 0 radical (unpaired) electrons. The Bertz CT molecular complexity index is 2190. The zero-order valence-electron chi connectivity index (χ0n) is 36.9. The van der Waals surface area contributed by atoms with Gasteiger partial charge < -0.3 is 58.9 Å². The van der Waals surface area contributed by atoms with Crippen molar-refractivity contribution in [3.63, 3.8) is 0 Å². The highest BCUT2D eigenvalue weighted by Gasteiger charge is 2.36. The summed E-state index contributed by atoms with van der Waals surface area (Å²) >= 11 is 0.838. The summed E-state index contributed by atoms with van der Waals surface area (Å²) in [6.07, 6.45) is 0.286. The number of para-hydroxylation sites is 2. The smallest absolute Gasteiger partial charge is 0.305 e. The molecule has 21 nitrogen and oxygen atoms in total. The molecule has 0 saturated carbocycles. The Morgan fingerprint density at radius 3 is 1.94 bits per heavy atom. The summed E-state index contributed by atoms with van der Waals surface area (Å²) < 4.78 is 0. The zero-order valence-corrected chi connectivity index (χ0v) is 37.7. The van der Waals surface area contributed by atoms with Crippen molar-refractivity contribution < 1.29 is 53.4 Å². The number of fused-ring (bicyclic) bond motifs is 2. The number of pyridine rings is 1. The highest BCUT2D eigenvalue weighted by atomic mass is 32.2. The molecule has 66 heavy (non-hydrogen) atoms. The molecule has 0 aliphatic carbocycles. The Morgan fingerprint density at radius 1 is 0.773 bits per heavy atom. The molecule has 2 aromatic carbocycles. The number of carboxylic acid groups (broad SMARTS) is 2. The molecule has 0 spiro atoms. The monoisotopic (exact) mass is 936 g/mol. The van der Waals surface area contributed by atoms with E-state index in [0.29, 0.717) is 38.6 Å². The molecule has 358 valence electrons. The number of benzene rings is 2. The Kier molecular flexibility index (Phi) is 20.4. The Labute approximate surface area is 385 Å². The number of unbranched alkanes of at least 4 members (excludes halogenated alkanes) is 2. The summed E-state index contributed by atoms with van der Waals surface area (Å²) in [6, 6.07) is 6.61. The van der Waals surface area contributed by atoms with Gasteiger partial charge in [-0.05, 0) is 63.1 Å². The number of thioether (sulfide) groups is 1. The van der Waals surface area contributed by atoms with Crippen LogP contribution < -0.4 is 48.7 Å². The minimum Gasteiger partial charge on any atom is -0.481 e. The van der Waals surface area contributed by atoms with Crippen LogP contribution in [0.1, 0.15) is 71.6 Å². The van der Waals surface area contributed by atoms with E-state index in [1.807, 2.05) is 48.5 Å². The summed E-state index contributed by atoms with van der Waals surface area (Å²) in [6.45, 7) is 4.09. The summed E-state index contributed by atoms with van der Waals surface area (Å²) in [4.78, 5) is 123. The van der Waals surface area contributed by atoms with Gasteiger partial charge in [0.05, 0.1) is 35.3 Å². The van der Waals surface area contributed by atoms with Gasteiger partial charge in [0.25, 0.3) is 0 Å².